The second-order valence-electron chi connectivity index (χ2n) is 4.44. The minimum atomic E-state index is -0.843. The molecule has 5 heteroatoms. The van der Waals surface area contributed by atoms with E-state index in [0.29, 0.717) is 10.6 Å². The first-order chi connectivity index (χ1) is 9.38. The second-order valence-corrected chi connectivity index (χ2v) is 5.26. The van der Waals surface area contributed by atoms with Crippen LogP contribution in [-0.2, 0) is 6.42 Å². The Bertz CT molecular complexity index is 684. The molecule has 0 N–H and O–H groups in total. The molecule has 0 aromatic heterocycles. The molecular weight excluding hydrogens is 305 g/mol. The summed E-state index contributed by atoms with van der Waals surface area (Å²) >= 11 is 11.5. The second kappa shape index (κ2) is 5.90. The van der Waals surface area contributed by atoms with Crippen molar-refractivity contribution in [2.24, 2.45) is 0 Å². The van der Waals surface area contributed by atoms with E-state index in [4.69, 9.17) is 23.2 Å². The maximum Gasteiger partial charge on any atom is 0.170 e. The highest BCUT2D eigenvalue weighted by Crippen LogP contribution is 2.23. The lowest BCUT2D eigenvalue weighted by atomic mass is 10.0. The quantitative estimate of drug-likeness (QED) is 0.575. The van der Waals surface area contributed by atoms with Gasteiger partial charge in [0.15, 0.2) is 5.78 Å². The average molecular weight is 315 g/mol. The number of hydrogen-bond acceptors (Lipinski definition) is 1. The number of halogens is 4. The summed E-state index contributed by atoms with van der Waals surface area (Å²) in [5.74, 6) is -2.22. The van der Waals surface area contributed by atoms with Gasteiger partial charge in [-0.05, 0) is 36.2 Å². The molecule has 0 fully saturated rings. The van der Waals surface area contributed by atoms with Gasteiger partial charge in [-0.3, -0.25) is 4.79 Å². The van der Waals surface area contributed by atoms with Gasteiger partial charge in [-0.1, -0.05) is 35.3 Å². The highest BCUT2D eigenvalue weighted by atomic mass is 35.5. The Morgan fingerprint density at radius 1 is 1.05 bits per heavy atom. The molecule has 0 spiro atoms. The Hall–Kier alpha value is -1.45. The molecule has 0 atom stereocenters. The van der Waals surface area contributed by atoms with Crippen molar-refractivity contribution in [1.82, 2.24) is 0 Å². The normalized spacial score (nSPS) is 10.7. The number of rotatable bonds is 3. The number of ketones is 1. The van der Waals surface area contributed by atoms with Gasteiger partial charge in [0.1, 0.15) is 11.6 Å². The van der Waals surface area contributed by atoms with E-state index in [1.165, 1.54) is 0 Å². The van der Waals surface area contributed by atoms with Crippen LogP contribution in [0.1, 0.15) is 21.5 Å². The molecule has 2 aromatic rings. The summed E-state index contributed by atoms with van der Waals surface area (Å²) in [6.07, 6.45) is -0.100. The zero-order valence-electron chi connectivity index (χ0n) is 10.5. The highest BCUT2D eigenvalue weighted by Gasteiger charge is 2.17. The molecule has 0 saturated carbocycles. The molecule has 0 bridgehead atoms. The lowest BCUT2D eigenvalue weighted by Gasteiger charge is -2.07. The largest absolute Gasteiger partial charge is 0.294 e. The van der Waals surface area contributed by atoms with Crippen LogP contribution in [-0.4, -0.2) is 5.78 Å². The Balaban J connectivity index is 2.31. The fourth-order valence-corrected chi connectivity index (χ4v) is 2.25. The van der Waals surface area contributed by atoms with Gasteiger partial charge in [-0.2, -0.15) is 0 Å². The van der Waals surface area contributed by atoms with Crippen molar-refractivity contribution in [2.75, 3.05) is 0 Å². The zero-order valence-corrected chi connectivity index (χ0v) is 12.0. The number of Topliss-reactive ketones (excluding diaryl/α,β-unsaturated/α-hetero) is 1. The van der Waals surface area contributed by atoms with Gasteiger partial charge < -0.3 is 0 Å². The molecule has 2 aromatic carbocycles. The van der Waals surface area contributed by atoms with Gasteiger partial charge in [0.2, 0.25) is 0 Å². The maximum atomic E-state index is 13.6. The highest BCUT2D eigenvalue weighted by molar-refractivity contribution is 6.32. The monoisotopic (exact) mass is 314 g/mol. The minimum absolute atomic E-state index is 0.100. The molecule has 0 radical (unpaired) electrons. The number of carbonyl (C=O) groups excluding carboxylic acids is 1. The topological polar surface area (TPSA) is 17.1 Å². The molecule has 0 heterocycles. The molecule has 0 unspecified atom stereocenters. The predicted octanol–water partition coefficient (Wildman–Crippen LogP) is 5.01. The third kappa shape index (κ3) is 3.17. The van der Waals surface area contributed by atoms with E-state index in [0.717, 1.165) is 17.7 Å². The third-order valence-electron chi connectivity index (χ3n) is 2.87. The lowest BCUT2D eigenvalue weighted by Crippen LogP contribution is -2.07. The van der Waals surface area contributed by atoms with E-state index in [9.17, 15) is 13.6 Å². The van der Waals surface area contributed by atoms with Gasteiger partial charge in [-0.25, -0.2) is 8.78 Å². The SMILES string of the molecule is Cc1ccc(CC(=O)c2cc(F)c(Cl)cc2F)c(Cl)c1. The van der Waals surface area contributed by atoms with Crippen LogP contribution in [0, 0.1) is 18.6 Å². The van der Waals surface area contributed by atoms with Gasteiger partial charge in [-0.15, -0.1) is 0 Å². The Kier molecular flexibility index (Phi) is 4.41. The van der Waals surface area contributed by atoms with Crippen molar-refractivity contribution >= 4 is 29.0 Å². The van der Waals surface area contributed by atoms with Crippen LogP contribution in [0.3, 0.4) is 0 Å². The van der Waals surface area contributed by atoms with Crippen LogP contribution in [0.5, 0.6) is 0 Å². The van der Waals surface area contributed by atoms with Crippen LogP contribution in [0.25, 0.3) is 0 Å². The first-order valence-electron chi connectivity index (χ1n) is 5.81. The summed E-state index contributed by atoms with van der Waals surface area (Å²) < 4.78 is 27.0. The summed E-state index contributed by atoms with van der Waals surface area (Å²) in [7, 11) is 0. The van der Waals surface area contributed by atoms with E-state index in [2.05, 4.69) is 0 Å². The Morgan fingerprint density at radius 3 is 2.40 bits per heavy atom. The standard InChI is InChI=1S/C15H10Cl2F2O/c1-8-2-3-9(11(16)4-8)5-15(20)10-6-14(19)12(17)7-13(10)18/h2-4,6-7H,5H2,1H3. The summed E-state index contributed by atoms with van der Waals surface area (Å²) in [6, 6.07) is 6.80. The van der Waals surface area contributed by atoms with Crippen molar-refractivity contribution in [3.63, 3.8) is 0 Å². The fourth-order valence-electron chi connectivity index (χ4n) is 1.80. The van der Waals surface area contributed by atoms with E-state index in [-0.39, 0.29) is 17.0 Å². The van der Waals surface area contributed by atoms with Crippen LogP contribution in [0.15, 0.2) is 30.3 Å². The first-order valence-corrected chi connectivity index (χ1v) is 6.57. The molecule has 20 heavy (non-hydrogen) atoms. The fraction of sp³-hybridized carbons (Fsp3) is 0.133. The molecule has 2 rings (SSSR count). The molecule has 0 amide bonds. The summed E-state index contributed by atoms with van der Waals surface area (Å²) in [5.41, 5.74) is 1.19. The van der Waals surface area contributed by atoms with Crippen LogP contribution in [0.2, 0.25) is 10.0 Å². The number of hydrogen-bond donors (Lipinski definition) is 0. The van der Waals surface area contributed by atoms with Gasteiger partial charge in [0.25, 0.3) is 0 Å². The molecule has 0 saturated heterocycles. The van der Waals surface area contributed by atoms with Crippen molar-refractivity contribution in [2.45, 2.75) is 13.3 Å². The molecule has 0 aliphatic heterocycles. The Labute approximate surface area is 125 Å². The molecular formula is C15H10Cl2F2O. The van der Waals surface area contributed by atoms with Crippen molar-refractivity contribution in [3.05, 3.63) is 68.7 Å². The lowest BCUT2D eigenvalue weighted by molar-refractivity contribution is 0.0988. The van der Waals surface area contributed by atoms with E-state index < -0.39 is 17.4 Å². The number of carbonyl (C=O) groups is 1. The molecule has 0 aliphatic carbocycles. The summed E-state index contributed by atoms with van der Waals surface area (Å²) in [6.45, 7) is 1.87. The number of aryl methyl sites for hydroxylation is 1. The summed E-state index contributed by atoms with van der Waals surface area (Å²) in [4.78, 5) is 12.0. The van der Waals surface area contributed by atoms with Crippen LogP contribution in [0.4, 0.5) is 8.78 Å². The molecule has 104 valence electrons. The maximum absolute atomic E-state index is 13.6. The van der Waals surface area contributed by atoms with Gasteiger partial charge in [0.05, 0.1) is 10.6 Å². The molecule has 1 nitrogen and oxygen atoms in total. The molecule has 0 aliphatic rings. The Morgan fingerprint density at radius 2 is 1.75 bits per heavy atom. The average Bonchev–Trinajstić information content (AvgIpc) is 2.37. The van der Waals surface area contributed by atoms with E-state index in [1.54, 1.807) is 18.2 Å². The van der Waals surface area contributed by atoms with Gasteiger partial charge >= 0.3 is 0 Å². The van der Waals surface area contributed by atoms with E-state index >= 15 is 0 Å². The van der Waals surface area contributed by atoms with E-state index in [1.807, 2.05) is 6.92 Å². The zero-order chi connectivity index (χ0) is 14.9. The van der Waals surface area contributed by atoms with Crippen molar-refractivity contribution < 1.29 is 13.6 Å². The van der Waals surface area contributed by atoms with Gasteiger partial charge in [0, 0.05) is 11.4 Å². The van der Waals surface area contributed by atoms with Crippen molar-refractivity contribution in [1.29, 1.82) is 0 Å². The summed E-state index contributed by atoms with van der Waals surface area (Å²) in [5, 5.41) is 0.0700. The smallest absolute Gasteiger partial charge is 0.170 e. The van der Waals surface area contributed by atoms with Crippen LogP contribution < -0.4 is 0 Å². The number of benzene rings is 2. The minimum Gasteiger partial charge on any atom is -0.294 e. The third-order valence-corrected chi connectivity index (χ3v) is 3.51. The predicted molar refractivity (Wildman–Crippen MR) is 75.6 cm³/mol. The van der Waals surface area contributed by atoms with Crippen LogP contribution >= 0.6 is 23.2 Å². The first kappa shape index (κ1) is 14.9. The van der Waals surface area contributed by atoms with Crippen molar-refractivity contribution in [3.8, 4) is 0 Å².